The molecule has 25 heavy (non-hydrogen) atoms. The highest BCUT2D eigenvalue weighted by Crippen LogP contribution is 2.13. The van der Waals surface area contributed by atoms with Gasteiger partial charge in [0.2, 0.25) is 5.91 Å². The monoisotopic (exact) mass is 393 g/mol. The van der Waals surface area contributed by atoms with Crippen LogP contribution >= 0.6 is 10.8 Å². The number of amides is 1. The highest BCUT2D eigenvalue weighted by molar-refractivity contribution is 8.71. The number of carbonyl (C=O) groups excluding carboxylic acids is 1. The molecule has 4 nitrogen and oxygen atoms in total. The van der Waals surface area contributed by atoms with E-state index in [4.69, 9.17) is 0 Å². The first-order valence-corrected chi connectivity index (χ1v) is 13.5. The maximum Gasteiger partial charge on any atom is 0.220 e. The van der Waals surface area contributed by atoms with Crippen molar-refractivity contribution in [1.82, 2.24) is 5.32 Å². The van der Waals surface area contributed by atoms with Crippen molar-refractivity contribution in [2.24, 2.45) is 0 Å². The Morgan fingerprint density at radius 1 is 0.800 bits per heavy atom. The number of rotatable bonds is 18. The van der Waals surface area contributed by atoms with Gasteiger partial charge in [-0.3, -0.25) is 4.79 Å². The summed E-state index contributed by atoms with van der Waals surface area (Å²) in [7, 11) is -2.12. The Kier molecular flexibility index (Phi) is 17.0. The van der Waals surface area contributed by atoms with Crippen molar-refractivity contribution < 1.29 is 13.2 Å². The van der Waals surface area contributed by atoms with Crippen molar-refractivity contribution in [2.45, 2.75) is 96.8 Å². The van der Waals surface area contributed by atoms with Crippen molar-refractivity contribution >= 4 is 25.6 Å². The Labute approximate surface area is 159 Å². The van der Waals surface area contributed by atoms with E-state index in [1.807, 2.05) is 0 Å². The first kappa shape index (κ1) is 24.8. The SMILES string of the molecule is CCCCCCCCCCCCCCCC(=O)NCCSS(C)(=O)=O. The van der Waals surface area contributed by atoms with Crippen molar-refractivity contribution in [2.75, 3.05) is 18.6 Å². The lowest BCUT2D eigenvalue weighted by atomic mass is 10.0. The summed E-state index contributed by atoms with van der Waals surface area (Å²) in [6.45, 7) is 2.68. The minimum atomic E-state index is -3.00. The number of unbranched alkanes of at least 4 members (excludes halogenated alkanes) is 12. The fourth-order valence-electron chi connectivity index (χ4n) is 2.78. The van der Waals surface area contributed by atoms with E-state index in [0.717, 1.165) is 23.6 Å². The van der Waals surface area contributed by atoms with Crippen LogP contribution in [0.15, 0.2) is 0 Å². The highest BCUT2D eigenvalue weighted by Gasteiger charge is 2.04. The minimum Gasteiger partial charge on any atom is -0.355 e. The topological polar surface area (TPSA) is 63.2 Å². The smallest absolute Gasteiger partial charge is 0.220 e. The number of hydrogen-bond donors (Lipinski definition) is 1. The quantitative estimate of drug-likeness (QED) is 0.254. The Bertz CT molecular complexity index is 411. The van der Waals surface area contributed by atoms with Crippen LogP contribution in [0.5, 0.6) is 0 Å². The molecule has 0 aliphatic heterocycles. The molecule has 6 heteroatoms. The minimum absolute atomic E-state index is 0.0391. The fourth-order valence-corrected chi connectivity index (χ4v) is 4.42. The van der Waals surface area contributed by atoms with Crippen LogP contribution in [0.25, 0.3) is 0 Å². The summed E-state index contributed by atoms with van der Waals surface area (Å²) in [5.41, 5.74) is 0. The number of nitrogens with one attached hydrogen (secondary N) is 1. The van der Waals surface area contributed by atoms with E-state index in [2.05, 4.69) is 12.2 Å². The van der Waals surface area contributed by atoms with E-state index in [1.54, 1.807) is 0 Å². The van der Waals surface area contributed by atoms with Crippen LogP contribution in [0.3, 0.4) is 0 Å². The van der Waals surface area contributed by atoms with Gasteiger partial charge in [0, 0.05) is 25.0 Å². The van der Waals surface area contributed by atoms with Gasteiger partial charge in [-0.2, -0.15) is 0 Å². The molecular formula is C19H39NO3S2. The van der Waals surface area contributed by atoms with E-state index in [1.165, 1.54) is 76.9 Å². The highest BCUT2D eigenvalue weighted by atomic mass is 33.1. The molecule has 0 heterocycles. The van der Waals surface area contributed by atoms with Gasteiger partial charge in [0.25, 0.3) is 0 Å². The van der Waals surface area contributed by atoms with Gasteiger partial charge >= 0.3 is 0 Å². The third-order valence-electron chi connectivity index (χ3n) is 4.23. The third-order valence-corrected chi connectivity index (χ3v) is 6.81. The average Bonchev–Trinajstić information content (AvgIpc) is 2.55. The van der Waals surface area contributed by atoms with Gasteiger partial charge in [-0.25, -0.2) is 8.42 Å². The summed E-state index contributed by atoms with van der Waals surface area (Å²) < 4.78 is 21.9. The van der Waals surface area contributed by atoms with Gasteiger partial charge in [-0.1, -0.05) is 84.0 Å². The summed E-state index contributed by atoms with van der Waals surface area (Å²) in [5.74, 6) is 0.459. The van der Waals surface area contributed by atoms with Crippen LogP contribution in [-0.2, 0) is 13.7 Å². The molecule has 0 aromatic rings. The van der Waals surface area contributed by atoms with Crippen LogP contribution in [0.1, 0.15) is 96.8 Å². The maximum absolute atomic E-state index is 11.6. The van der Waals surface area contributed by atoms with Crippen LogP contribution < -0.4 is 5.32 Å². The third kappa shape index (κ3) is 21.7. The molecule has 0 spiro atoms. The molecule has 0 rings (SSSR count). The Morgan fingerprint density at radius 2 is 1.24 bits per heavy atom. The van der Waals surface area contributed by atoms with Crippen LogP contribution in [0.4, 0.5) is 0 Å². The molecule has 1 amide bonds. The van der Waals surface area contributed by atoms with Crippen molar-refractivity contribution in [3.8, 4) is 0 Å². The summed E-state index contributed by atoms with van der Waals surface area (Å²) in [5, 5.41) is 2.77. The average molecular weight is 394 g/mol. The lowest BCUT2D eigenvalue weighted by Gasteiger charge is -2.05. The zero-order valence-corrected chi connectivity index (χ0v) is 18.0. The predicted octanol–water partition coefficient (Wildman–Crippen LogP) is 5.28. The molecule has 0 radical (unpaired) electrons. The molecule has 0 fully saturated rings. The normalized spacial score (nSPS) is 11.6. The summed E-state index contributed by atoms with van der Waals surface area (Å²) in [6.07, 6.45) is 18.6. The Morgan fingerprint density at radius 3 is 1.68 bits per heavy atom. The van der Waals surface area contributed by atoms with E-state index in [9.17, 15) is 13.2 Å². The Hall–Kier alpha value is -0.230. The Balaban J connectivity index is 3.21. The summed E-state index contributed by atoms with van der Waals surface area (Å²) in [4.78, 5) is 11.6. The van der Waals surface area contributed by atoms with Gasteiger partial charge in [0.1, 0.15) is 0 Å². The molecule has 0 unspecified atom stereocenters. The van der Waals surface area contributed by atoms with Gasteiger partial charge in [0.05, 0.1) is 0 Å². The van der Waals surface area contributed by atoms with Gasteiger partial charge in [-0.15, -0.1) is 0 Å². The van der Waals surface area contributed by atoms with Crippen molar-refractivity contribution in [1.29, 1.82) is 0 Å². The first-order valence-electron chi connectivity index (χ1n) is 10.1. The van der Waals surface area contributed by atoms with Crippen LogP contribution in [-0.4, -0.2) is 32.9 Å². The van der Waals surface area contributed by atoms with Crippen LogP contribution in [0, 0.1) is 0 Å². The van der Waals surface area contributed by atoms with E-state index in [-0.39, 0.29) is 5.91 Å². The molecule has 0 saturated carbocycles. The van der Waals surface area contributed by atoms with E-state index in [0.29, 0.717) is 18.7 Å². The summed E-state index contributed by atoms with van der Waals surface area (Å²) in [6, 6.07) is 0. The van der Waals surface area contributed by atoms with E-state index < -0.39 is 8.87 Å². The van der Waals surface area contributed by atoms with E-state index >= 15 is 0 Å². The standard InChI is InChI=1S/C19H39NO3S2/c1-3-4-5-6-7-8-9-10-11-12-13-14-15-16-19(21)20-17-18-24-25(2,22)23/h3-18H2,1-2H3,(H,20,21). The van der Waals surface area contributed by atoms with Gasteiger partial charge in [-0.05, 0) is 17.2 Å². The lowest BCUT2D eigenvalue weighted by Crippen LogP contribution is -2.25. The van der Waals surface area contributed by atoms with Crippen LogP contribution in [0.2, 0.25) is 0 Å². The first-order chi connectivity index (χ1) is 12.0. The molecule has 0 aliphatic rings. The molecule has 0 saturated heterocycles. The van der Waals surface area contributed by atoms with Crippen molar-refractivity contribution in [3.05, 3.63) is 0 Å². The second-order valence-corrected chi connectivity index (χ2v) is 11.4. The van der Waals surface area contributed by atoms with Gasteiger partial charge < -0.3 is 5.32 Å². The summed E-state index contributed by atoms with van der Waals surface area (Å²) >= 11 is 0. The molecular weight excluding hydrogens is 354 g/mol. The van der Waals surface area contributed by atoms with Crippen molar-refractivity contribution in [3.63, 3.8) is 0 Å². The zero-order chi connectivity index (χ0) is 18.8. The lowest BCUT2D eigenvalue weighted by molar-refractivity contribution is -0.121. The molecule has 0 atom stereocenters. The molecule has 0 bridgehead atoms. The molecule has 0 aromatic heterocycles. The molecule has 1 N–H and O–H groups in total. The molecule has 150 valence electrons. The zero-order valence-electron chi connectivity index (χ0n) is 16.4. The predicted molar refractivity (Wildman–Crippen MR) is 111 cm³/mol. The maximum atomic E-state index is 11.6. The molecule has 0 aromatic carbocycles. The second kappa shape index (κ2) is 17.2. The second-order valence-electron chi connectivity index (χ2n) is 6.87. The largest absolute Gasteiger partial charge is 0.355 e. The number of carbonyl (C=O) groups is 1. The number of hydrogen-bond acceptors (Lipinski definition) is 4. The molecule has 0 aliphatic carbocycles. The fraction of sp³-hybridized carbons (Fsp3) is 0.947. The van der Waals surface area contributed by atoms with Gasteiger partial charge in [0.15, 0.2) is 8.87 Å².